The predicted octanol–water partition coefficient (Wildman–Crippen LogP) is 2.50. The second-order valence-corrected chi connectivity index (χ2v) is 5.91. The molecule has 1 aliphatic carbocycles. The normalized spacial score (nSPS) is 27.5. The van der Waals surface area contributed by atoms with Crippen molar-refractivity contribution in [3.05, 3.63) is 23.8 Å². The van der Waals surface area contributed by atoms with Crippen LogP contribution in [0.3, 0.4) is 0 Å². The smallest absolute Gasteiger partial charge is 0.160 e. The lowest BCUT2D eigenvalue weighted by Gasteiger charge is -2.35. The maximum absolute atomic E-state index is 11.6. The van der Waals surface area contributed by atoms with Gasteiger partial charge in [-0.3, -0.25) is 4.79 Å². The number of rotatable bonds is 5. The molecule has 1 saturated heterocycles. The van der Waals surface area contributed by atoms with E-state index in [4.69, 9.17) is 18.9 Å². The van der Waals surface area contributed by atoms with Crippen LogP contribution in [0.4, 0.5) is 0 Å². The van der Waals surface area contributed by atoms with Crippen molar-refractivity contribution >= 4 is 5.78 Å². The third-order valence-electron chi connectivity index (χ3n) is 4.73. The van der Waals surface area contributed by atoms with E-state index in [1.165, 1.54) is 0 Å². The van der Waals surface area contributed by atoms with Crippen LogP contribution in [0.5, 0.6) is 11.5 Å². The van der Waals surface area contributed by atoms with Gasteiger partial charge in [0.1, 0.15) is 12.6 Å². The van der Waals surface area contributed by atoms with Crippen molar-refractivity contribution in [2.24, 2.45) is 0 Å². The second-order valence-electron chi connectivity index (χ2n) is 5.91. The van der Waals surface area contributed by atoms with Crippen molar-refractivity contribution in [2.75, 3.05) is 21.0 Å². The van der Waals surface area contributed by atoms with Crippen molar-refractivity contribution in [1.29, 1.82) is 0 Å². The molecule has 5 heteroatoms. The van der Waals surface area contributed by atoms with Crippen molar-refractivity contribution in [3.63, 3.8) is 0 Å². The minimum absolute atomic E-state index is 0.0890. The van der Waals surface area contributed by atoms with Gasteiger partial charge in [0, 0.05) is 12.8 Å². The Hall–Kier alpha value is -1.59. The average Bonchev–Trinajstić information content (AvgIpc) is 2.96. The van der Waals surface area contributed by atoms with Crippen LogP contribution in [0.1, 0.15) is 31.2 Å². The molecule has 0 bridgehead atoms. The number of fused-ring (bicyclic) bond motifs is 1. The van der Waals surface area contributed by atoms with Gasteiger partial charge in [-0.05, 0) is 37.0 Å². The van der Waals surface area contributed by atoms with Gasteiger partial charge >= 0.3 is 0 Å². The SMILES string of the molecule is COc1ccc(CC[C@]23CCC(=O)C[C@H]2OCO3)cc1OC. The van der Waals surface area contributed by atoms with E-state index in [1.807, 2.05) is 18.2 Å². The van der Waals surface area contributed by atoms with E-state index < -0.39 is 0 Å². The lowest BCUT2D eigenvalue weighted by atomic mass is 9.78. The summed E-state index contributed by atoms with van der Waals surface area (Å²) in [5, 5.41) is 0. The first-order valence-corrected chi connectivity index (χ1v) is 7.65. The van der Waals surface area contributed by atoms with Gasteiger partial charge in [-0.25, -0.2) is 0 Å². The Bertz CT molecular complexity index is 556. The molecule has 2 aliphatic rings. The minimum atomic E-state index is -0.304. The number of ether oxygens (including phenoxy) is 4. The number of Topliss-reactive ketones (excluding diaryl/α,β-unsaturated/α-hetero) is 1. The maximum Gasteiger partial charge on any atom is 0.160 e. The van der Waals surface area contributed by atoms with E-state index in [0.717, 1.165) is 36.3 Å². The van der Waals surface area contributed by atoms with Crippen LogP contribution in [0, 0.1) is 0 Å². The Labute approximate surface area is 130 Å². The molecule has 3 rings (SSSR count). The van der Waals surface area contributed by atoms with Crippen molar-refractivity contribution < 1.29 is 23.7 Å². The Morgan fingerprint density at radius 2 is 2.09 bits per heavy atom. The van der Waals surface area contributed by atoms with Gasteiger partial charge in [-0.2, -0.15) is 0 Å². The lowest BCUT2D eigenvalue weighted by molar-refractivity contribution is -0.127. The van der Waals surface area contributed by atoms with E-state index >= 15 is 0 Å². The van der Waals surface area contributed by atoms with Crippen molar-refractivity contribution in [1.82, 2.24) is 0 Å². The predicted molar refractivity (Wildman–Crippen MR) is 80.3 cm³/mol. The molecule has 1 aromatic rings. The van der Waals surface area contributed by atoms with E-state index in [9.17, 15) is 4.79 Å². The standard InChI is InChI=1S/C17H22O5/c1-19-14-4-3-12(9-15(14)20-2)5-7-17-8-6-13(18)10-16(17)21-11-22-17/h3-4,9,16H,5-8,10-11H2,1-2H3/t16-,17+/m1/s1. The van der Waals surface area contributed by atoms with Crippen LogP contribution in [0.25, 0.3) is 0 Å². The summed E-state index contributed by atoms with van der Waals surface area (Å²) in [5.41, 5.74) is 0.860. The Kier molecular flexibility index (Phi) is 4.36. The molecule has 0 N–H and O–H groups in total. The molecule has 0 amide bonds. The molecule has 1 saturated carbocycles. The highest BCUT2D eigenvalue weighted by Gasteiger charge is 2.48. The van der Waals surface area contributed by atoms with Crippen LogP contribution < -0.4 is 9.47 Å². The Balaban J connectivity index is 1.70. The summed E-state index contributed by atoms with van der Waals surface area (Å²) < 4.78 is 22.1. The van der Waals surface area contributed by atoms with E-state index in [1.54, 1.807) is 14.2 Å². The van der Waals surface area contributed by atoms with E-state index in [2.05, 4.69) is 0 Å². The largest absolute Gasteiger partial charge is 0.493 e. The summed E-state index contributed by atoms with van der Waals surface area (Å²) in [7, 11) is 3.26. The lowest BCUT2D eigenvalue weighted by Crippen LogP contribution is -2.45. The van der Waals surface area contributed by atoms with E-state index in [-0.39, 0.29) is 17.5 Å². The average molecular weight is 306 g/mol. The number of hydrogen-bond donors (Lipinski definition) is 0. The number of hydrogen-bond acceptors (Lipinski definition) is 5. The fourth-order valence-electron chi connectivity index (χ4n) is 3.37. The van der Waals surface area contributed by atoms with Gasteiger partial charge in [0.15, 0.2) is 11.5 Å². The monoisotopic (exact) mass is 306 g/mol. The summed E-state index contributed by atoms with van der Waals surface area (Å²) in [6.45, 7) is 0.296. The number of benzene rings is 1. The van der Waals surface area contributed by atoms with Crippen LogP contribution in [0.2, 0.25) is 0 Å². The third-order valence-corrected chi connectivity index (χ3v) is 4.73. The minimum Gasteiger partial charge on any atom is -0.493 e. The van der Waals surface area contributed by atoms with E-state index in [0.29, 0.717) is 19.6 Å². The molecule has 2 fully saturated rings. The number of aryl methyl sites for hydroxylation is 1. The highest BCUT2D eigenvalue weighted by atomic mass is 16.7. The zero-order chi connectivity index (χ0) is 15.6. The molecule has 0 spiro atoms. The number of carbonyl (C=O) groups excluding carboxylic acids is 1. The summed E-state index contributed by atoms with van der Waals surface area (Å²) in [6.07, 6.45) is 3.44. The first-order chi connectivity index (χ1) is 10.7. The number of ketones is 1. The number of methoxy groups -OCH3 is 2. The summed E-state index contributed by atoms with van der Waals surface area (Å²) in [4.78, 5) is 11.6. The molecule has 1 aromatic carbocycles. The molecule has 1 heterocycles. The topological polar surface area (TPSA) is 54.0 Å². The second kappa shape index (κ2) is 6.26. The quantitative estimate of drug-likeness (QED) is 0.836. The Morgan fingerprint density at radius 1 is 1.27 bits per heavy atom. The fourth-order valence-corrected chi connectivity index (χ4v) is 3.37. The molecule has 0 aromatic heterocycles. The van der Waals surface area contributed by atoms with Gasteiger partial charge in [0.25, 0.3) is 0 Å². The molecular formula is C17H22O5. The fraction of sp³-hybridized carbons (Fsp3) is 0.588. The summed E-state index contributed by atoms with van der Waals surface area (Å²) >= 11 is 0. The van der Waals surface area contributed by atoms with Crippen LogP contribution in [-0.4, -0.2) is 38.5 Å². The van der Waals surface area contributed by atoms with Crippen molar-refractivity contribution in [2.45, 2.75) is 43.8 Å². The van der Waals surface area contributed by atoms with Gasteiger partial charge in [-0.1, -0.05) is 6.07 Å². The molecule has 0 unspecified atom stereocenters. The first-order valence-electron chi connectivity index (χ1n) is 7.65. The molecule has 22 heavy (non-hydrogen) atoms. The molecule has 120 valence electrons. The molecule has 0 radical (unpaired) electrons. The van der Waals surface area contributed by atoms with Crippen LogP contribution >= 0.6 is 0 Å². The molecule has 1 aliphatic heterocycles. The van der Waals surface area contributed by atoms with Gasteiger partial charge in [-0.15, -0.1) is 0 Å². The summed E-state index contributed by atoms with van der Waals surface area (Å²) in [6, 6.07) is 5.95. The van der Waals surface area contributed by atoms with Crippen molar-refractivity contribution in [3.8, 4) is 11.5 Å². The zero-order valence-corrected chi connectivity index (χ0v) is 13.1. The maximum atomic E-state index is 11.6. The first kappa shape index (κ1) is 15.3. The highest BCUT2D eigenvalue weighted by Crippen LogP contribution is 2.40. The molecular weight excluding hydrogens is 284 g/mol. The van der Waals surface area contributed by atoms with Gasteiger partial charge in [0.2, 0.25) is 0 Å². The third kappa shape index (κ3) is 2.83. The van der Waals surface area contributed by atoms with Crippen LogP contribution in [-0.2, 0) is 20.7 Å². The number of carbonyl (C=O) groups is 1. The Morgan fingerprint density at radius 3 is 2.86 bits per heavy atom. The van der Waals surface area contributed by atoms with Crippen LogP contribution in [0.15, 0.2) is 18.2 Å². The summed E-state index contributed by atoms with van der Waals surface area (Å²) in [5.74, 6) is 1.74. The molecule has 5 nitrogen and oxygen atoms in total. The van der Waals surface area contributed by atoms with Gasteiger partial charge < -0.3 is 18.9 Å². The van der Waals surface area contributed by atoms with Gasteiger partial charge in [0.05, 0.1) is 25.9 Å². The molecule has 2 atom stereocenters. The zero-order valence-electron chi connectivity index (χ0n) is 13.1. The highest BCUT2D eigenvalue weighted by molar-refractivity contribution is 5.80.